The zero-order chi connectivity index (χ0) is 13.5. The lowest BCUT2D eigenvalue weighted by Crippen LogP contribution is -2.43. The molecular formula is C15H24N2O. The third kappa shape index (κ3) is 4.88. The number of amides is 1. The standard InChI is InChI=1S/C15H24N2O/c1-12(2)9-10-17(3)15(18)14(16)11-13-7-5-4-6-8-13/h4-8,12,14H,9-11,16H2,1-3H3/t14-/m0/s1. The Hall–Kier alpha value is -1.35. The van der Waals surface area contributed by atoms with Crippen molar-refractivity contribution in [2.24, 2.45) is 11.7 Å². The van der Waals surface area contributed by atoms with E-state index in [1.165, 1.54) is 0 Å². The summed E-state index contributed by atoms with van der Waals surface area (Å²) in [5, 5.41) is 0. The minimum absolute atomic E-state index is 0.0273. The summed E-state index contributed by atoms with van der Waals surface area (Å²) in [6.45, 7) is 5.09. The lowest BCUT2D eigenvalue weighted by Gasteiger charge is -2.22. The highest BCUT2D eigenvalue weighted by Gasteiger charge is 2.18. The van der Waals surface area contributed by atoms with E-state index in [1.807, 2.05) is 37.4 Å². The second-order valence-corrected chi connectivity index (χ2v) is 5.24. The van der Waals surface area contributed by atoms with Crippen molar-refractivity contribution in [2.75, 3.05) is 13.6 Å². The Labute approximate surface area is 110 Å². The maximum absolute atomic E-state index is 12.1. The average Bonchev–Trinajstić information content (AvgIpc) is 2.36. The number of hydrogen-bond acceptors (Lipinski definition) is 2. The number of carbonyl (C=O) groups is 1. The predicted octanol–water partition coefficient (Wildman–Crippen LogP) is 2.06. The predicted molar refractivity (Wildman–Crippen MR) is 75.2 cm³/mol. The Balaban J connectivity index is 2.46. The number of nitrogens with zero attached hydrogens (tertiary/aromatic N) is 1. The molecule has 0 heterocycles. The maximum Gasteiger partial charge on any atom is 0.239 e. The van der Waals surface area contributed by atoms with Crippen molar-refractivity contribution in [3.8, 4) is 0 Å². The van der Waals surface area contributed by atoms with Crippen molar-refractivity contribution in [1.82, 2.24) is 4.90 Å². The number of benzene rings is 1. The fourth-order valence-corrected chi connectivity index (χ4v) is 1.80. The van der Waals surface area contributed by atoms with E-state index in [0.717, 1.165) is 18.5 Å². The number of likely N-dealkylation sites (N-methyl/N-ethyl adjacent to an activating group) is 1. The van der Waals surface area contributed by atoms with Crippen LogP contribution in [-0.4, -0.2) is 30.4 Å². The van der Waals surface area contributed by atoms with Crippen LogP contribution in [0.2, 0.25) is 0 Å². The molecule has 100 valence electrons. The van der Waals surface area contributed by atoms with Crippen LogP contribution in [0.5, 0.6) is 0 Å². The van der Waals surface area contributed by atoms with E-state index in [0.29, 0.717) is 12.3 Å². The summed E-state index contributed by atoms with van der Waals surface area (Å²) < 4.78 is 0. The van der Waals surface area contributed by atoms with Gasteiger partial charge < -0.3 is 10.6 Å². The molecular weight excluding hydrogens is 224 g/mol. The first-order valence-corrected chi connectivity index (χ1v) is 6.55. The van der Waals surface area contributed by atoms with E-state index in [2.05, 4.69) is 13.8 Å². The third-order valence-corrected chi connectivity index (χ3v) is 3.03. The zero-order valence-electron chi connectivity index (χ0n) is 11.6. The molecule has 0 bridgehead atoms. The quantitative estimate of drug-likeness (QED) is 0.837. The molecule has 1 aromatic carbocycles. The normalized spacial score (nSPS) is 12.5. The Bertz CT molecular complexity index is 362. The number of carbonyl (C=O) groups excluding carboxylic acids is 1. The van der Waals surface area contributed by atoms with Crippen LogP contribution < -0.4 is 5.73 Å². The average molecular weight is 248 g/mol. The fourth-order valence-electron chi connectivity index (χ4n) is 1.80. The highest BCUT2D eigenvalue weighted by atomic mass is 16.2. The molecule has 0 radical (unpaired) electrons. The van der Waals surface area contributed by atoms with E-state index >= 15 is 0 Å². The second kappa shape index (κ2) is 7.17. The molecule has 0 aromatic heterocycles. The Kier molecular flexibility index (Phi) is 5.86. The molecule has 3 nitrogen and oxygen atoms in total. The molecule has 0 unspecified atom stereocenters. The largest absolute Gasteiger partial charge is 0.344 e. The van der Waals surface area contributed by atoms with Crippen LogP contribution in [0.25, 0.3) is 0 Å². The van der Waals surface area contributed by atoms with Gasteiger partial charge in [0, 0.05) is 13.6 Å². The summed E-state index contributed by atoms with van der Waals surface area (Å²) >= 11 is 0. The van der Waals surface area contributed by atoms with Gasteiger partial charge >= 0.3 is 0 Å². The first-order valence-electron chi connectivity index (χ1n) is 6.55. The second-order valence-electron chi connectivity index (χ2n) is 5.24. The van der Waals surface area contributed by atoms with Crippen LogP contribution in [0.4, 0.5) is 0 Å². The number of rotatable bonds is 6. The molecule has 0 aliphatic heterocycles. The summed E-state index contributed by atoms with van der Waals surface area (Å²) in [4.78, 5) is 13.8. The Morgan fingerprint density at radius 3 is 2.44 bits per heavy atom. The molecule has 0 saturated heterocycles. The molecule has 1 aromatic rings. The van der Waals surface area contributed by atoms with Gasteiger partial charge in [0.1, 0.15) is 0 Å². The number of nitrogens with two attached hydrogens (primary N) is 1. The molecule has 3 heteroatoms. The molecule has 1 rings (SSSR count). The molecule has 0 fully saturated rings. The van der Waals surface area contributed by atoms with Crippen LogP contribution in [0, 0.1) is 5.92 Å². The van der Waals surface area contributed by atoms with Gasteiger partial charge in [-0.3, -0.25) is 4.79 Å². The number of hydrogen-bond donors (Lipinski definition) is 1. The van der Waals surface area contributed by atoms with Crippen molar-refractivity contribution in [2.45, 2.75) is 32.7 Å². The van der Waals surface area contributed by atoms with Crippen LogP contribution in [0.1, 0.15) is 25.8 Å². The minimum atomic E-state index is -0.440. The summed E-state index contributed by atoms with van der Waals surface area (Å²) in [5.41, 5.74) is 7.07. The molecule has 1 atom stereocenters. The molecule has 0 aliphatic rings. The fraction of sp³-hybridized carbons (Fsp3) is 0.533. The van der Waals surface area contributed by atoms with E-state index < -0.39 is 6.04 Å². The van der Waals surface area contributed by atoms with Gasteiger partial charge in [0.05, 0.1) is 6.04 Å². The van der Waals surface area contributed by atoms with Crippen molar-refractivity contribution in [3.63, 3.8) is 0 Å². The van der Waals surface area contributed by atoms with Crippen molar-refractivity contribution in [1.29, 1.82) is 0 Å². The van der Waals surface area contributed by atoms with Gasteiger partial charge in [-0.2, -0.15) is 0 Å². The SMILES string of the molecule is CC(C)CCN(C)C(=O)[C@@H](N)Cc1ccccc1. The maximum atomic E-state index is 12.1. The molecule has 0 spiro atoms. The molecule has 0 saturated carbocycles. The lowest BCUT2D eigenvalue weighted by atomic mass is 10.1. The highest BCUT2D eigenvalue weighted by molar-refractivity contribution is 5.81. The van der Waals surface area contributed by atoms with Crippen molar-refractivity contribution in [3.05, 3.63) is 35.9 Å². The van der Waals surface area contributed by atoms with Gasteiger partial charge in [-0.25, -0.2) is 0 Å². The summed E-state index contributed by atoms with van der Waals surface area (Å²) in [6, 6.07) is 9.46. The van der Waals surface area contributed by atoms with Gasteiger partial charge in [0.15, 0.2) is 0 Å². The topological polar surface area (TPSA) is 46.3 Å². The van der Waals surface area contributed by atoms with E-state index in [4.69, 9.17) is 5.73 Å². The van der Waals surface area contributed by atoms with Crippen molar-refractivity contribution < 1.29 is 4.79 Å². The van der Waals surface area contributed by atoms with Crippen LogP contribution in [-0.2, 0) is 11.2 Å². The van der Waals surface area contributed by atoms with E-state index in [-0.39, 0.29) is 5.91 Å². The van der Waals surface area contributed by atoms with Crippen LogP contribution in [0.15, 0.2) is 30.3 Å². The summed E-state index contributed by atoms with van der Waals surface area (Å²) in [5.74, 6) is 0.630. The van der Waals surface area contributed by atoms with Crippen LogP contribution >= 0.6 is 0 Å². The molecule has 1 amide bonds. The van der Waals surface area contributed by atoms with Gasteiger partial charge in [0.25, 0.3) is 0 Å². The zero-order valence-corrected chi connectivity index (χ0v) is 11.6. The van der Waals surface area contributed by atoms with Crippen LogP contribution in [0.3, 0.4) is 0 Å². The van der Waals surface area contributed by atoms with Gasteiger partial charge in [-0.15, -0.1) is 0 Å². The van der Waals surface area contributed by atoms with Gasteiger partial charge in [-0.05, 0) is 24.3 Å². The lowest BCUT2D eigenvalue weighted by molar-refractivity contribution is -0.131. The smallest absolute Gasteiger partial charge is 0.239 e. The third-order valence-electron chi connectivity index (χ3n) is 3.03. The Morgan fingerprint density at radius 2 is 1.89 bits per heavy atom. The molecule has 18 heavy (non-hydrogen) atoms. The highest BCUT2D eigenvalue weighted by Crippen LogP contribution is 2.06. The van der Waals surface area contributed by atoms with E-state index in [1.54, 1.807) is 4.90 Å². The van der Waals surface area contributed by atoms with Crippen molar-refractivity contribution >= 4 is 5.91 Å². The molecule has 2 N–H and O–H groups in total. The van der Waals surface area contributed by atoms with E-state index in [9.17, 15) is 4.79 Å². The van der Waals surface area contributed by atoms with Gasteiger partial charge in [-0.1, -0.05) is 44.2 Å². The minimum Gasteiger partial charge on any atom is -0.344 e. The monoisotopic (exact) mass is 248 g/mol. The summed E-state index contributed by atoms with van der Waals surface area (Å²) in [6.07, 6.45) is 1.62. The summed E-state index contributed by atoms with van der Waals surface area (Å²) in [7, 11) is 1.83. The first-order chi connectivity index (χ1) is 8.50. The Morgan fingerprint density at radius 1 is 1.28 bits per heavy atom. The van der Waals surface area contributed by atoms with Gasteiger partial charge in [0.2, 0.25) is 5.91 Å². The first kappa shape index (κ1) is 14.7. The molecule has 0 aliphatic carbocycles.